The molecule has 7 heavy (non-hydrogen) atoms. The molecular weight excluding hydrogens is 128 g/mol. The van der Waals surface area contributed by atoms with E-state index in [9.17, 15) is 4.21 Å². The molecule has 0 aromatic rings. The first-order valence-electron chi connectivity index (χ1n) is 1.74. The van der Waals surface area contributed by atoms with E-state index in [1.165, 1.54) is 11.8 Å². The van der Waals surface area contributed by atoms with Crippen LogP contribution in [0.2, 0.25) is 0 Å². The van der Waals surface area contributed by atoms with Gasteiger partial charge in [-0.25, -0.2) is 0 Å². The Morgan fingerprint density at radius 3 is 2.29 bits per heavy atom. The van der Waals surface area contributed by atoms with Crippen LogP contribution in [0.3, 0.4) is 0 Å². The predicted octanol–water partition coefficient (Wildman–Crippen LogP) is 1.20. The molecule has 0 aliphatic heterocycles. The first kappa shape index (κ1) is 7.24. The topological polar surface area (TPSA) is 17.1 Å². The lowest BCUT2D eigenvalue weighted by Crippen LogP contribution is -1.81. The van der Waals surface area contributed by atoms with Gasteiger partial charge in [0.05, 0.1) is 15.0 Å². The molecule has 0 aromatic heterocycles. The van der Waals surface area contributed by atoms with Crippen molar-refractivity contribution in [3.8, 4) is 0 Å². The second-order valence-electron chi connectivity index (χ2n) is 1.03. The van der Waals surface area contributed by atoms with Crippen molar-refractivity contribution in [1.29, 1.82) is 0 Å². The molecule has 3 heteroatoms. The van der Waals surface area contributed by atoms with Gasteiger partial charge in [-0.15, -0.1) is 11.8 Å². The fourth-order valence-electron chi connectivity index (χ4n) is 0.117. The number of rotatable bonds is 2. The van der Waals surface area contributed by atoms with E-state index in [0.29, 0.717) is 0 Å². The SMILES string of the molecule is C=C(SC)S(C)=O. The lowest BCUT2D eigenvalue weighted by molar-refractivity contribution is 0.691. The van der Waals surface area contributed by atoms with E-state index in [1.807, 2.05) is 6.26 Å². The van der Waals surface area contributed by atoms with Crippen molar-refractivity contribution in [1.82, 2.24) is 0 Å². The molecule has 42 valence electrons. The summed E-state index contributed by atoms with van der Waals surface area (Å²) in [5, 5.41) is 0. The van der Waals surface area contributed by atoms with Crippen LogP contribution in [0.15, 0.2) is 10.8 Å². The molecular formula is C4H8OS2. The Bertz CT molecular complexity index is 97.9. The van der Waals surface area contributed by atoms with Crippen LogP contribution >= 0.6 is 11.8 Å². The maximum atomic E-state index is 10.4. The van der Waals surface area contributed by atoms with Crippen LogP contribution in [0.5, 0.6) is 0 Å². The lowest BCUT2D eigenvalue weighted by Gasteiger charge is -1.90. The van der Waals surface area contributed by atoms with Gasteiger partial charge in [0.2, 0.25) is 0 Å². The highest BCUT2D eigenvalue weighted by molar-refractivity contribution is 8.15. The fraction of sp³-hybridized carbons (Fsp3) is 0.500. The molecule has 1 unspecified atom stereocenters. The monoisotopic (exact) mass is 136 g/mol. The molecule has 0 aromatic carbocycles. The summed E-state index contributed by atoms with van der Waals surface area (Å²) in [4.78, 5) is 0. The van der Waals surface area contributed by atoms with Crippen molar-refractivity contribution < 1.29 is 4.21 Å². The highest BCUT2D eigenvalue weighted by Gasteiger charge is 1.91. The summed E-state index contributed by atoms with van der Waals surface area (Å²) in [7, 11) is -0.842. The molecule has 0 aliphatic carbocycles. The number of thioether (sulfide) groups is 1. The average Bonchev–Trinajstić information content (AvgIpc) is 1.65. The molecule has 1 nitrogen and oxygen atoms in total. The van der Waals surface area contributed by atoms with Crippen molar-refractivity contribution in [2.45, 2.75) is 0 Å². The van der Waals surface area contributed by atoms with Crippen molar-refractivity contribution in [3.63, 3.8) is 0 Å². The second kappa shape index (κ2) is 3.27. The minimum Gasteiger partial charge on any atom is -0.254 e. The fourth-order valence-corrected chi connectivity index (χ4v) is 1.06. The first-order chi connectivity index (χ1) is 3.18. The van der Waals surface area contributed by atoms with Crippen molar-refractivity contribution in [2.75, 3.05) is 12.5 Å². The summed E-state index contributed by atoms with van der Waals surface area (Å²) in [5.74, 6) is 0. The van der Waals surface area contributed by atoms with Crippen molar-refractivity contribution in [2.24, 2.45) is 0 Å². The van der Waals surface area contributed by atoms with Gasteiger partial charge in [-0.05, 0) is 6.26 Å². The van der Waals surface area contributed by atoms with Crippen LogP contribution < -0.4 is 0 Å². The van der Waals surface area contributed by atoms with E-state index >= 15 is 0 Å². The predicted molar refractivity (Wildman–Crippen MR) is 36.7 cm³/mol. The third-order valence-electron chi connectivity index (χ3n) is 0.548. The van der Waals surface area contributed by atoms with Gasteiger partial charge < -0.3 is 0 Å². The lowest BCUT2D eigenvalue weighted by atomic mass is 11.3. The maximum Gasteiger partial charge on any atom is 0.0638 e. The Balaban J connectivity index is 3.58. The summed E-state index contributed by atoms with van der Waals surface area (Å²) in [6, 6.07) is 0. The van der Waals surface area contributed by atoms with Gasteiger partial charge in [-0.2, -0.15) is 0 Å². The maximum absolute atomic E-state index is 10.4. The Morgan fingerprint density at radius 2 is 2.29 bits per heavy atom. The van der Waals surface area contributed by atoms with E-state index in [1.54, 1.807) is 6.26 Å². The highest BCUT2D eigenvalue weighted by Crippen LogP contribution is 2.10. The minimum absolute atomic E-state index is 0.736. The smallest absolute Gasteiger partial charge is 0.0638 e. The summed E-state index contributed by atoms with van der Waals surface area (Å²) in [6.07, 6.45) is 3.49. The van der Waals surface area contributed by atoms with Crippen LogP contribution in [0.4, 0.5) is 0 Å². The van der Waals surface area contributed by atoms with Gasteiger partial charge in [0.25, 0.3) is 0 Å². The summed E-state index contributed by atoms with van der Waals surface area (Å²) < 4.78 is 11.1. The molecule has 0 spiro atoms. The molecule has 0 bridgehead atoms. The van der Waals surface area contributed by atoms with E-state index in [4.69, 9.17) is 0 Å². The van der Waals surface area contributed by atoms with E-state index < -0.39 is 10.8 Å². The van der Waals surface area contributed by atoms with Crippen LogP contribution in [0.1, 0.15) is 0 Å². The van der Waals surface area contributed by atoms with Gasteiger partial charge in [-0.3, -0.25) is 4.21 Å². The quantitative estimate of drug-likeness (QED) is 0.567. The Kier molecular flexibility index (Phi) is 3.38. The molecule has 0 heterocycles. The van der Waals surface area contributed by atoms with Gasteiger partial charge in [0.1, 0.15) is 0 Å². The summed E-state index contributed by atoms with van der Waals surface area (Å²) in [6.45, 7) is 3.54. The Morgan fingerprint density at radius 1 is 1.86 bits per heavy atom. The molecule has 0 N–H and O–H groups in total. The molecule has 0 rings (SSSR count). The second-order valence-corrected chi connectivity index (χ2v) is 3.59. The average molecular weight is 136 g/mol. The zero-order valence-electron chi connectivity index (χ0n) is 4.43. The van der Waals surface area contributed by atoms with E-state index in [0.717, 1.165) is 4.24 Å². The first-order valence-corrected chi connectivity index (χ1v) is 4.53. The molecule has 0 saturated carbocycles. The van der Waals surface area contributed by atoms with Crippen LogP contribution in [0.25, 0.3) is 0 Å². The van der Waals surface area contributed by atoms with Gasteiger partial charge >= 0.3 is 0 Å². The molecule has 0 saturated heterocycles. The largest absolute Gasteiger partial charge is 0.254 e. The Hall–Kier alpha value is 0.240. The molecule has 0 aliphatic rings. The molecule has 1 atom stereocenters. The molecule has 0 amide bonds. The summed E-state index contributed by atoms with van der Waals surface area (Å²) in [5.41, 5.74) is 0. The minimum atomic E-state index is -0.842. The highest BCUT2D eigenvalue weighted by atomic mass is 32.2. The van der Waals surface area contributed by atoms with Crippen LogP contribution in [-0.2, 0) is 10.8 Å². The Labute approximate surface area is 50.6 Å². The van der Waals surface area contributed by atoms with Crippen molar-refractivity contribution in [3.05, 3.63) is 10.8 Å². The zero-order valence-corrected chi connectivity index (χ0v) is 6.06. The van der Waals surface area contributed by atoms with E-state index in [2.05, 4.69) is 6.58 Å². The van der Waals surface area contributed by atoms with Gasteiger partial charge in [0.15, 0.2) is 0 Å². The normalized spacial score (nSPS) is 13.4. The standard InChI is InChI=1S/C4H8OS2/c1-4(6-2)7(3)5/h1H2,2-3H3. The van der Waals surface area contributed by atoms with Crippen LogP contribution in [-0.4, -0.2) is 16.7 Å². The van der Waals surface area contributed by atoms with Gasteiger partial charge in [-0.1, -0.05) is 6.58 Å². The van der Waals surface area contributed by atoms with Crippen molar-refractivity contribution >= 4 is 22.6 Å². The third-order valence-corrected chi connectivity index (χ3v) is 2.85. The number of hydrogen-bond acceptors (Lipinski definition) is 2. The third kappa shape index (κ3) is 2.88. The van der Waals surface area contributed by atoms with E-state index in [-0.39, 0.29) is 0 Å². The number of hydrogen-bond donors (Lipinski definition) is 0. The summed E-state index contributed by atoms with van der Waals surface area (Å²) >= 11 is 1.44. The molecule has 0 fully saturated rings. The van der Waals surface area contributed by atoms with Gasteiger partial charge in [0, 0.05) is 6.26 Å². The molecule has 0 radical (unpaired) electrons. The van der Waals surface area contributed by atoms with Crippen LogP contribution in [0, 0.1) is 0 Å². The zero-order chi connectivity index (χ0) is 5.86.